The third-order valence-electron chi connectivity index (χ3n) is 4.55. The van der Waals surface area contributed by atoms with Crippen LogP contribution >= 0.6 is 0 Å². The molecular weight excluding hydrogens is 426 g/mol. The zero-order chi connectivity index (χ0) is 21.9. The number of carbonyl (C=O) groups excluding carboxylic acids is 1. The first-order valence-corrected chi connectivity index (χ1v) is 12.7. The van der Waals surface area contributed by atoms with Crippen molar-refractivity contribution in [1.29, 1.82) is 0 Å². The minimum Gasteiger partial charge on any atom is -0.348 e. The summed E-state index contributed by atoms with van der Waals surface area (Å²) >= 11 is 0. The summed E-state index contributed by atoms with van der Waals surface area (Å²) in [4.78, 5) is 12.7. The standard InChI is InChI=1S/C20H25N3O5S2/c1-15(2)22-30(27,28)19-9-3-6-16(12-19)14-21-20(24)17-7-4-8-18(13-17)23-10-5-11-29(23,25)26/h3-4,6-9,12-13,15,22H,5,10-11,14H2,1-2H3,(H,21,24). The molecule has 2 N–H and O–H groups in total. The zero-order valence-electron chi connectivity index (χ0n) is 16.8. The first kappa shape index (κ1) is 22.3. The van der Waals surface area contributed by atoms with Crippen LogP contribution in [0.15, 0.2) is 53.4 Å². The Labute approximate surface area is 177 Å². The van der Waals surface area contributed by atoms with Crippen LogP contribution in [0.25, 0.3) is 0 Å². The second kappa shape index (κ2) is 8.75. The van der Waals surface area contributed by atoms with Crippen LogP contribution in [0.4, 0.5) is 5.69 Å². The lowest BCUT2D eigenvalue weighted by atomic mass is 10.1. The average Bonchev–Trinajstić information content (AvgIpc) is 3.04. The highest BCUT2D eigenvalue weighted by Gasteiger charge is 2.28. The largest absolute Gasteiger partial charge is 0.348 e. The Balaban J connectivity index is 1.71. The van der Waals surface area contributed by atoms with E-state index in [1.54, 1.807) is 50.2 Å². The van der Waals surface area contributed by atoms with Crippen molar-refractivity contribution >= 4 is 31.6 Å². The summed E-state index contributed by atoms with van der Waals surface area (Å²) in [6.45, 7) is 4.02. The minimum atomic E-state index is -3.62. The van der Waals surface area contributed by atoms with Gasteiger partial charge in [0.25, 0.3) is 5.91 Å². The van der Waals surface area contributed by atoms with E-state index in [0.717, 1.165) is 0 Å². The third-order valence-corrected chi connectivity index (χ3v) is 8.07. The van der Waals surface area contributed by atoms with Crippen LogP contribution < -0.4 is 14.3 Å². The molecule has 1 saturated heterocycles. The predicted octanol–water partition coefficient (Wildman–Crippen LogP) is 1.84. The van der Waals surface area contributed by atoms with Crippen molar-refractivity contribution in [3.63, 3.8) is 0 Å². The maximum atomic E-state index is 12.6. The van der Waals surface area contributed by atoms with Crippen molar-refractivity contribution in [2.45, 2.75) is 37.8 Å². The quantitative estimate of drug-likeness (QED) is 0.667. The molecule has 2 aromatic rings. The molecule has 1 aliphatic rings. The fourth-order valence-electron chi connectivity index (χ4n) is 3.22. The molecule has 0 spiro atoms. The Morgan fingerprint density at radius 2 is 1.87 bits per heavy atom. The number of hydrogen-bond donors (Lipinski definition) is 2. The van der Waals surface area contributed by atoms with E-state index in [1.807, 2.05) is 0 Å². The maximum Gasteiger partial charge on any atom is 0.251 e. The van der Waals surface area contributed by atoms with Crippen molar-refractivity contribution in [3.8, 4) is 0 Å². The van der Waals surface area contributed by atoms with Gasteiger partial charge in [0.2, 0.25) is 20.0 Å². The molecule has 30 heavy (non-hydrogen) atoms. The smallest absolute Gasteiger partial charge is 0.251 e. The summed E-state index contributed by atoms with van der Waals surface area (Å²) in [5, 5.41) is 2.75. The lowest BCUT2D eigenvalue weighted by molar-refractivity contribution is 0.0951. The van der Waals surface area contributed by atoms with E-state index in [2.05, 4.69) is 10.0 Å². The molecule has 8 nitrogen and oxygen atoms in total. The van der Waals surface area contributed by atoms with Crippen LogP contribution in [0.5, 0.6) is 0 Å². The van der Waals surface area contributed by atoms with Crippen molar-refractivity contribution in [2.24, 2.45) is 0 Å². The van der Waals surface area contributed by atoms with E-state index in [1.165, 1.54) is 16.4 Å². The molecule has 2 aromatic carbocycles. The molecule has 3 rings (SSSR count). The van der Waals surface area contributed by atoms with Gasteiger partial charge in [-0.2, -0.15) is 0 Å². The summed E-state index contributed by atoms with van der Waals surface area (Å²) in [7, 11) is -6.95. The number of benzene rings is 2. The summed E-state index contributed by atoms with van der Waals surface area (Å²) in [6, 6.07) is 12.6. The van der Waals surface area contributed by atoms with E-state index < -0.39 is 20.0 Å². The molecule has 0 saturated carbocycles. The Kier molecular flexibility index (Phi) is 6.49. The number of hydrogen-bond acceptors (Lipinski definition) is 5. The van der Waals surface area contributed by atoms with Crippen LogP contribution in [0.1, 0.15) is 36.2 Å². The van der Waals surface area contributed by atoms with Gasteiger partial charge in [0.1, 0.15) is 0 Å². The summed E-state index contributed by atoms with van der Waals surface area (Å²) in [5.74, 6) is -0.268. The van der Waals surface area contributed by atoms with Crippen LogP contribution in [0.3, 0.4) is 0 Å². The van der Waals surface area contributed by atoms with Crippen molar-refractivity contribution < 1.29 is 21.6 Å². The van der Waals surface area contributed by atoms with Crippen LogP contribution in [-0.2, 0) is 26.6 Å². The molecule has 0 aliphatic carbocycles. The molecule has 1 heterocycles. The highest BCUT2D eigenvalue weighted by molar-refractivity contribution is 7.93. The van der Waals surface area contributed by atoms with Gasteiger partial charge in [-0.3, -0.25) is 9.10 Å². The van der Waals surface area contributed by atoms with Gasteiger partial charge in [-0.15, -0.1) is 0 Å². The first-order valence-electron chi connectivity index (χ1n) is 9.58. The normalized spacial score (nSPS) is 16.0. The maximum absolute atomic E-state index is 12.6. The van der Waals surface area contributed by atoms with Gasteiger partial charge in [-0.25, -0.2) is 21.6 Å². The fourth-order valence-corrected chi connectivity index (χ4v) is 6.09. The number of anilines is 1. The van der Waals surface area contributed by atoms with Gasteiger partial charge in [-0.1, -0.05) is 18.2 Å². The second-order valence-electron chi connectivity index (χ2n) is 7.40. The lowest BCUT2D eigenvalue weighted by Gasteiger charge is -2.17. The SMILES string of the molecule is CC(C)NS(=O)(=O)c1cccc(CNC(=O)c2cccc(N3CCCS3(=O)=O)c2)c1. The van der Waals surface area contributed by atoms with E-state index in [9.17, 15) is 21.6 Å². The first-order chi connectivity index (χ1) is 14.1. The van der Waals surface area contributed by atoms with E-state index in [-0.39, 0.29) is 29.1 Å². The topological polar surface area (TPSA) is 113 Å². The molecule has 1 aliphatic heterocycles. The monoisotopic (exact) mass is 451 g/mol. The summed E-state index contributed by atoms with van der Waals surface area (Å²) < 4.78 is 52.7. The Morgan fingerprint density at radius 3 is 2.53 bits per heavy atom. The summed E-state index contributed by atoms with van der Waals surface area (Å²) in [6.07, 6.45) is 0.559. The number of rotatable bonds is 7. The van der Waals surface area contributed by atoms with Crippen molar-refractivity contribution in [3.05, 3.63) is 59.7 Å². The van der Waals surface area contributed by atoms with Gasteiger partial charge in [0.05, 0.1) is 16.3 Å². The predicted molar refractivity (Wildman–Crippen MR) is 115 cm³/mol. The Morgan fingerprint density at radius 1 is 1.13 bits per heavy atom. The molecule has 162 valence electrons. The Hall–Kier alpha value is -2.43. The Bertz CT molecular complexity index is 1140. The van der Waals surface area contributed by atoms with E-state index in [4.69, 9.17) is 0 Å². The molecule has 0 unspecified atom stereocenters. The molecule has 0 bridgehead atoms. The number of amides is 1. The lowest BCUT2D eigenvalue weighted by Crippen LogP contribution is -2.30. The van der Waals surface area contributed by atoms with Crippen LogP contribution in [0, 0.1) is 0 Å². The molecular formula is C20H25N3O5S2. The van der Waals surface area contributed by atoms with Crippen LogP contribution in [-0.4, -0.2) is 41.1 Å². The third kappa shape index (κ3) is 5.18. The molecule has 10 heteroatoms. The van der Waals surface area contributed by atoms with Gasteiger partial charge >= 0.3 is 0 Å². The van der Waals surface area contributed by atoms with Gasteiger partial charge < -0.3 is 5.32 Å². The average molecular weight is 452 g/mol. The molecule has 1 fully saturated rings. The van der Waals surface area contributed by atoms with E-state index in [0.29, 0.717) is 29.8 Å². The number of sulfonamides is 2. The fraction of sp³-hybridized carbons (Fsp3) is 0.350. The highest BCUT2D eigenvalue weighted by Crippen LogP contribution is 2.24. The number of nitrogens with zero attached hydrogens (tertiary/aromatic N) is 1. The summed E-state index contributed by atoms with van der Waals surface area (Å²) in [5.41, 5.74) is 1.43. The van der Waals surface area contributed by atoms with Gasteiger partial charge in [0.15, 0.2) is 0 Å². The number of carbonyl (C=O) groups is 1. The zero-order valence-corrected chi connectivity index (χ0v) is 18.5. The molecule has 1 amide bonds. The molecule has 0 radical (unpaired) electrons. The molecule has 0 atom stereocenters. The van der Waals surface area contributed by atoms with Crippen molar-refractivity contribution in [1.82, 2.24) is 10.0 Å². The highest BCUT2D eigenvalue weighted by atomic mass is 32.2. The van der Waals surface area contributed by atoms with Crippen LogP contribution in [0.2, 0.25) is 0 Å². The van der Waals surface area contributed by atoms with E-state index >= 15 is 0 Å². The van der Waals surface area contributed by atoms with Gasteiger partial charge in [-0.05, 0) is 56.2 Å². The molecule has 0 aromatic heterocycles. The second-order valence-corrected chi connectivity index (χ2v) is 11.1. The minimum absolute atomic E-state index is 0.105. The number of nitrogens with one attached hydrogen (secondary N) is 2. The van der Waals surface area contributed by atoms with Crippen molar-refractivity contribution in [2.75, 3.05) is 16.6 Å². The van der Waals surface area contributed by atoms with Gasteiger partial charge in [0, 0.05) is 24.7 Å².